The summed E-state index contributed by atoms with van der Waals surface area (Å²) in [4.78, 5) is 8.56. The van der Waals surface area contributed by atoms with Crippen LogP contribution in [0.5, 0.6) is 0 Å². The molecular weight excluding hydrogens is 316 g/mol. The quantitative estimate of drug-likeness (QED) is 0.413. The van der Waals surface area contributed by atoms with Crippen LogP contribution in [-0.2, 0) is 11.3 Å². The number of nitrogens with zero attached hydrogens (tertiary/aromatic N) is 4. The molecule has 2 aromatic heterocycles. The molecule has 0 aliphatic rings. The summed E-state index contributed by atoms with van der Waals surface area (Å²) in [5.41, 5.74) is 1.11. The molecule has 2 heterocycles. The second kappa shape index (κ2) is 10.5. The molecule has 0 fully saturated rings. The zero-order valence-corrected chi connectivity index (χ0v) is 15.3. The third-order valence-electron chi connectivity index (χ3n) is 3.61. The number of rotatable bonds is 9. The lowest BCUT2D eigenvalue weighted by Crippen LogP contribution is -2.38. The summed E-state index contributed by atoms with van der Waals surface area (Å²) in [6.07, 6.45) is 6.49. The van der Waals surface area contributed by atoms with Crippen LogP contribution in [0.1, 0.15) is 25.8 Å². The van der Waals surface area contributed by atoms with Gasteiger partial charge >= 0.3 is 0 Å². The van der Waals surface area contributed by atoms with E-state index in [1.165, 1.54) is 0 Å². The van der Waals surface area contributed by atoms with E-state index in [-0.39, 0.29) is 0 Å². The van der Waals surface area contributed by atoms with E-state index in [9.17, 15) is 0 Å². The molecule has 25 heavy (non-hydrogen) atoms. The first-order valence-corrected chi connectivity index (χ1v) is 8.66. The maximum Gasteiger partial charge on any atom is 0.191 e. The van der Waals surface area contributed by atoms with Crippen LogP contribution in [0, 0.1) is 5.92 Å². The minimum atomic E-state index is 0.657. The van der Waals surface area contributed by atoms with Crippen molar-refractivity contribution in [1.82, 2.24) is 25.4 Å². The molecule has 136 valence electrons. The van der Waals surface area contributed by atoms with E-state index in [1.54, 1.807) is 24.1 Å². The number of guanidine groups is 1. The van der Waals surface area contributed by atoms with Gasteiger partial charge in [0.1, 0.15) is 0 Å². The molecule has 7 heteroatoms. The van der Waals surface area contributed by atoms with Crippen LogP contribution in [-0.4, -0.2) is 47.5 Å². The lowest BCUT2D eigenvalue weighted by atomic mass is 10.1. The molecule has 0 unspecified atom stereocenters. The predicted molar refractivity (Wildman–Crippen MR) is 99.8 cm³/mol. The smallest absolute Gasteiger partial charge is 0.191 e. The molecule has 0 aliphatic heterocycles. The number of aliphatic imine (C=N–C) groups is 1. The first-order chi connectivity index (χ1) is 12.2. The Bertz CT molecular complexity index is 639. The predicted octanol–water partition coefficient (Wildman–Crippen LogP) is 1.99. The summed E-state index contributed by atoms with van der Waals surface area (Å²) < 4.78 is 7.34. The summed E-state index contributed by atoms with van der Waals surface area (Å²) in [5, 5.41) is 10.7. The number of hydrogen-bond acceptors (Lipinski definition) is 4. The average molecular weight is 344 g/mol. The number of pyridine rings is 1. The summed E-state index contributed by atoms with van der Waals surface area (Å²) in [6, 6.07) is 5.85. The van der Waals surface area contributed by atoms with Crippen LogP contribution in [0.2, 0.25) is 0 Å². The third kappa shape index (κ3) is 6.93. The van der Waals surface area contributed by atoms with E-state index in [0.29, 0.717) is 19.1 Å². The molecule has 0 aliphatic carbocycles. The van der Waals surface area contributed by atoms with E-state index in [4.69, 9.17) is 4.74 Å². The Morgan fingerprint density at radius 1 is 1.28 bits per heavy atom. The standard InChI is InChI=1S/C18H28N6O/c1-15(2)6-11-25-12-9-21-18(19-3)22-14-16-5-8-20-17(13-16)24-10-4-7-23-24/h4-5,7-8,10,13,15H,6,9,11-12,14H2,1-3H3,(H2,19,21,22). The van der Waals surface area contributed by atoms with Crippen LogP contribution in [0.15, 0.2) is 41.8 Å². The first kappa shape index (κ1) is 18.9. The highest BCUT2D eigenvalue weighted by molar-refractivity contribution is 5.79. The molecule has 0 spiro atoms. The van der Waals surface area contributed by atoms with Crippen LogP contribution < -0.4 is 10.6 Å². The highest BCUT2D eigenvalue weighted by Gasteiger charge is 2.02. The maximum absolute atomic E-state index is 5.60. The minimum Gasteiger partial charge on any atom is -0.380 e. The molecule has 2 aromatic rings. The van der Waals surface area contributed by atoms with Crippen molar-refractivity contribution in [1.29, 1.82) is 0 Å². The molecule has 0 radical (unpaired) electrons. The van der Waals surface area contributed by atoms with Crippen LogP contribution >= 0.6 is 0 Å². The highest BCUT2D eigenvalue weighted by Crippen LogP contribution is 2.05. The minimum absolute atomic E-state index is 0.657. The molecular formula is C18H28N6O. The average Bonchev–Trinajstić information content (AvgIpc) is 3.15. The monoisotopic (exact) mass is 344 g/mol. The summed E-state index contributed by atoms with van der Waals surface area (Å²) in [7, 11) is 1.76. The third-order valence-corrected chi connectivity index (χ3v) is 3.61. The second-order valence-corrected chi connectivity index (χ2v) is 6.12. The number of ether oxygens (including phenoxy) is 1. The molecule has 0 bridgehead atoms. The van der Waals surface area contributed by atoms with E-state index in [0.717, 1.165) is 36.9 Å². The second-order valence-electron chi connectivity index (χ2n) is 6.12. The van der Waals surface area contributed by atoms with Gasteiger partial charge in [0.05, 0.1) is 6.61 Å². The molecule has 0 atom stereocenters. The first-order valence-electron chi connectivity index (χ1n) is 8.66. The van der Waals surface area contributed by atoms with Crippen molar-refractivity contribution in [2.45, 2.75) is 26.8 Å². The lowest BCUT2D eigenvalue weighted by molar-refractivity contribution is 0.128. The van der Waals surface area contributed by atoms with Gasteiger partial charge in [-0.3, -0.25) is 4.99 Å². The summed E-state index contributed by atoms with van der Waals surface area (Å²) in [5.74, 6) is 2.23. The highest BCUT2D eigenvalue weighted by atomic mass is 16.5. The topological polar surface area (TPSA) is 76.4 Å². The van der Waals surface area contributed by atoms with E-state index < -0.39 is 0 Å². The fourth-order valence-electron chi connectivity index (χ4n) is 2.17. The van der Waals surface area contributed by atoms with Gasteiger partial charge in [0.25, 0.3) is 0 Å². The zero-order valence-electron chi connectivity index (χ0n) is 15.3. The summed E-state index contributed by atoms with van der Waals surface area (Å²) >= 11 is 0. The Morgan fingerprint density at radius 3 is 2.88 bits per heavy atom. The number of nitrogens with one attached hydrogen (secondary N) is 2. The Labute approximate surface area is 149 Å². The van der Waals surface area contributed by atoms with Gasteiger partial charge in [-0.1, -0.05) is 13.8 Å². The van der Waals surface area contributed by atoms with E-state index in [2.05, 4.69) is 39.6 Å². The fourth-order valence-corrected chi connectivity index (χ4v) is 2.17. The number of aromatic nitrogens is 3. The molecule has 2 N–H and O–H groups in total. The van der Waals surface area contributed by atoms with Gasteiger partial charge in [-0.15, -0.1) is 0 Å². The Kier molecular flexibility index (Phi) is 7.91. The van der Waals surface area contributed by atoms with Gasteiger partial charge in [0.2, 0.25) is 0 Å². The van der Waals surface area contributed by atoms with Gasteiger partial charge < -0.3 is 15.4 Å². The Balaban J connectivity index is 1.73. The summed E-state index contributed by atoms with van der Waals surface area (Å²) in [6.45, 7) is 7.26. The van der Waals surface area contributed by atoms with Crippen molar-refractivity contribution in [3.63, 3.8) is 0 Å². The van der Waals surface area contributed by atoms with Crippen LogP contribution in [0.25, 0.3) is 5.82 Å². The van der Waals surface area contributed by atoms with Gasteiger partial charge in [-0.2, -0.15) is 5.10 Å². The van der Waals surface area contributed by atoms with Gasteiger partial charge in [0.15, 0.2) is 11.8 Å². The normalized spacial score (nSPS) is 11.8. The van der Waals surface area contributed by atoms with E-state index >= 15 is 0 Å². The van der Waals surface area contributed by atoms with Crippen molar-refractivity contribution in [3.8, 4) is 5.82 Å². The Hall–Kier alpha value is -2.41. The van der Waals surface area contributed by atoms with Gasteiger partial charge in [-0.05, 0) is 36.1 Å². The molecule has 2 rings (SSSR count). The zero-order chi connectivity index (χ0) is 17.9. The largest absolute Gasteiger partial charge is 0.380 e. The lowest BCUT2D eigenvalue weighted by Gasteiger charge is -2.13. The molecule has 0 amide bonds. The van der Waals surface area contributed by atoms with E-state index in [1.807, 2.05) is 24.4 Å². The van der Waals surface area contributed by atoms with Gasteiger partial charge in [-0.25, -0.2) is 9.67 Å². The van der Waals surface area contributed by atoms with Crippen molar-refractivity contribution < 1.29 is 4.74 Å². The van der Waals surface area contributed by atoms with Crippen LogP contribution in [0.3, 0.4) is 0 Å². The number of hydrogen-bond donors (Lipinski definition) is 2. The van der Waals surface area contributed by atoms with Crippen molar-refractivity contribution >= 4 is 5.96 Å². The van der Waals surface area contributed by atoms with Crippen molar-refractivity contribution in [3.05, 3.63) is 42.4 Å². The van der Waals surface area contributed by atoms with Crippen molar-refractivity contribution in [2.24, 2.45) is 10.9 Å². The molecule has 7 nitrogen and oxygen atoms in total. The van der Waals surface area contributed by atoms with Crippen LogP contribution in [0.4, 0.5) is 0 Å². The molecule has 0 aromatic carbocycles. The fraction of sp³-hybridized carbons (Fsp3) is 0.500. The maximum atomic E-state index is 5.60. The SMILES string of the molecule is CN=C(NCCOCCC(C)C)NCc1ccnc(-n2cccn2)c1. The van der Waals surface area contributed by atoms with Crippen molar-refractivity contribution in [2.75, 3.05) is 26.8 Å². The van der Waals surface area contributed by atoms with Gasteiger partial charge in [0, 0.05) is 45.3 Å². The Morgan fingerprint density at radius 2 is 2.16 bits per heavy atom. The molecule has 0 saturated carbocycles. The molecule has 0 saturated heterocycles.